The molecule has 164 valence electrons. The Labute approximate surface area is 191 Å². The van der Waals surface area contributed by atoms with Crippen LogP contribution in [0.1, 0.15) is 31.0 Å². The zero-order valence-corrected chi connectivity index (χ0v) is 19.6. The molecule has 7 heteroatoms. The summed E-state index contributed by atoms with van der Waals surface area (Å²) in [5, 5.41) is 11.2. The third kappa shape index (κ3) is 4.67. The molecule has 1 amide bonds. The highest BCUT2D eigenvalue weighted by molar-refractivity contribution is 9.10. The van der Waals surface area contributed by atoms with E-state index in [4.69, 9.17) is 4.74 Å². The normalized spacial score (nSPS) is 18.1. The average Bonchev–Trinajstić information content (AvgIpc) is 3.04. The number of methoxy groups -OCH3 is 1. The van der Waals surface area contributed by atoms with Gasteiger partial charge in [-0.15, -0.1) is 0 Å². The minimum atomic E-state index is -0.684. The number of halogens is 1. The number of aliphatic hydroxyl groups excluding tert-OH is 1. The summed E-state index contributed by atoms with van der Waals surface area (Å²) >= 11 is 3.43. The van der Waals surface area contributed by atoms with Gasteiger partial charge in [0, 0.05) is 17.6 Å². The van der Waals surface area contributed by atoms with Crippen LogP contribution in [0.5, 0.6) is 5.75 Å². The van der Waals surface area contributed by atoms with Crippen molar-refractivity contribution in [3.8, 4) is 5.75 Å². The number of aliphatic hydroxyl groups is 1. The molecule has 3 rings (SSSR count). The van der Waals surface area contributed by atoms with Crippen molar-refractivity contribution < 1.29 is 19.4 Å². The van der Waals surface area contributed by atoms with Crippen LogP contribution in [0.25, 0.3) is 5.76 Å². The molecule has 1 fully saturated rings. The number of benzene rings is 2. The Morgan fingerprint density at radius 1 is 1.10 bits per heavy atom. The van der Waals surface area contributed by atoms with Crippen LogP contribution in [0, 0.1) is 0 Å². The lowest BCUT2D eigenvalue weighted by atomic mass is 9.95. The monoisotopic (exact) mass is 486 g/mol. The van der Waals surface area contributed by atoms with Gasteiger partial charge in [-0.25, -0.2) is 0 Å². The van der Waals surface area contributed by atoms with Crippen molar-refractivity contribution in [2.24, 2.45) is 0 Å². The van der Waals surface area contributed by atoms with Crippen LogP contribution in [0.4, 0.5) is 0 Å². The number of carbonyl (C=O) groups is 2. The summed E-state index contributed by atoms with van der Waals surface area (Å²) in [4.78, 5) is 29.9. The minimum Gasteiger partial charge on any atom is -0.507 e. The molecule has 1 aliphatic heterocycles. The van der Waals surface area contributed by atoms with Gasteiger partial charge in [-0.05, 0) is 42.9 Å². The molecule has 1 N–H and O–H groups in total. The lowest BCUT2D eigenvalue weighted by Crippen LogP contribution is -2.38. The molecule has 6 nitrogen and oxygen atoms in total. The van der Waals surface area contributed by atoms with Gasteiger partial charge in [0.15, 0.2) is 0 Å². The molecule has 2 aromatic carbocycles. The average molecular weight is 487 g/mol. The van der Waals surface area contributed by atoms with Crippen molar-refractivity contribution in [2.75, 3.05) is 33.3 Å². The van der Waals surface area contributed by atoms with Crippen LogP contribution in [-0.2, 0) is 9.59 Å². The molecule has 31 heavy (non-hydrogen) atoms. The van der Waals surface area contributed by atoms with Gasteiger partial charge in [0.25, 0.3) is 11.7 Å². The molecule has 1 saturated heterocycles. The van der Waals surface area contributed by atoms with E-state index >= 15 is 0 Å². The van der Waals surface area contributed by atoms with Crippen LogP contribution in [0.2, 0.25) is 0 Å². The van der Waals surface area contributed by atoms with Gasteiger partial charge in [0.2, 0.25) is 0 Å². The number of hydrogen-bond donors (Lipinski definition) is 1. The molecule has 0 bridgehead atoms. The highest BCUT2D eigenvalue weighted by atomic mass is 79.9. The standard InChI is InChI=1S/C24H27BrN2O4/c1-4-26(5-2)14-15-27-21(16-10-12-17(25)13-11-16)20(23(29)24(27)30)22(28)18-8-6-7-9-19(18)31-3/h6-13,21,28H,4-5,14-15H2,1-3H3/b22-20+. The quantitative estimate of drug-likeness (QED) is 0.343. The van der Waals surface area contributed by atoms with E-state index in [0.717, 1.165) is 23.1 Å². The van der Waals surface area contributed by atoms with Crippen LogP contribution < -0.4 is 4.74 Å². The second kappa shape index (κ2) is 10.1. The summed E-state index contributed by atoms with van der Waals surface area (Å²) in [6.07, 6.45) is 0. The fourth-order valence-electron chi connectivity index (χ4n) is 3.88. The maximum Gasteiger partial charge on any atom is 0.295 e. The fraction of sp³-hybridized carbons (Fsp3) is 0.333. The molecule has 0 aliphatic carbocycles. The van der Waals surface area contributed by atoms with E-state index in [-0.39, 0.29) is 11.3 Å². The van der Waals surface area contributed by atoms with Gasteiger partial charge in [0.05, 0.1) is 24.3 Å². The highest BCUT2D eigenvalue weighted by Gasteiger charge is 2.46. The van der Waals surface area contributed by atoms with E-state index in [2.05, 4.69) is 34.7 Å². The predicted molar refractivity (Wildman–Crippen MR) is 124 cm³/mol. The molecule has 1 heterocycles. The maximum atomic E-state index is 13.1. The lowest BCUT2D eigenvalue weighted by Gasteiger charge is -2.28. The van der Waals surface area contributed by atoms with E-state index in [1.807, 2.05) is 24.3 Å². The number of hydrogen-bond acceptors (Lipinski definition) is 5. The zero-order chi connectivity index (χ0) is 22.5. The summed E-state index contributed by atoms with van der Waals surface area (Å²) in [7, 11) is 1.50. The van der Waals surface area contributed by atoms with Gasteiger partial charge in [0.1, 0.15) is 11.5 Å². The number of Topliss-reactive ketones (excluding diaryl/α,β-unsaturated/α-hetero) is 1. The highest BCUT2D eigenvalue weighted by Crippen LogP contribution is 2.40. The number of ether oxygens (including phenoxy) is 1. The zero-order valence-electron chi connectivity index (χ0n) is 18.0. The van der Waals surface area contributed by atoms with Gasteiger partial charge in [-0.2, -0.15) is 0 Å². The lowest BCUT2D eigenvalue weighted by molar-refractivity contribution is -0.140. The molecule has 0 saturated carbocycles. The van der Waals surface area contributed by atoms with E-state index in [1.54, 1.807) is 29.2 Å². The number of ketones is 1. The number of carbonyl (C=O) groups excluding carboxylic acids is 2. The molecule has 0 radical (unpaired) electrons. The van der Waals surface area contributed by atoms with Crippen LogP contribution >= 0.6 is 15.9 Å². The summed E-state index contributed by atoms with van der Waals surface area (Å²) < 4.78 is 6.25. The van der Waals surface area contributed by atoms with Crippen molar-refractivity contribution in [1.29, 1.82) is 0 Å². The Balaban J connectivity index is 2.12. The molecule has 1 aliphatic rings. The predicted octanol–water partition coefficient (Wildman–Crippen LogP) is 4.22. The van der Waals surface area contributed by atoms with Crippen molar-refractivity contribution in [2.45, 2.75) is 19.9 Å². The van der Waals surface area contributed by atoms with Crippen molar-refractivity contribution in [1.82, 2.24) is 9.80 Å². The molecule has 0 spiro atoms. The Morgan fingerprint density at radius 2 is 1.74 bits per heavy atom. The third-order valence-corrected chi connectivity index (χ3v) is 6.17. The van der Waals surface area contributed by atoms with Crippen molar-refractivity contribution in [3.05, 3.63) is 69.7 Å². The second-order valence-electron chi connectivity index (χ2n) is 7.27. The first-order valence-corrected chi connectivity index (χ1v) is 11.1. The number of likely N-dealkylation sites (N-methyl/N-ethyl adjacent to an activating group) is 1. The van der Waals surface area contributed by atoms with Gasteiger partial charge >= 0.3 is 0 Å². The molecular formula is C24H27BrN2O4. The van der Waals surface area contributed by atoms with Crippen LogP contribution in [0.3, 0.4) is 0 Å². The SMILES string of the molecule is CCN(CC)CCN1C(=O)C(=O)/C(=C(/O)c2ccccc2OC)C1c1ccc(Br)cc1. The van der Waals surface area contributed by atoms with Crippen LogP contribution in [0.15, 0.2) is 58.6 Å². The molecule has 2 aromatic rings. The first-order chi connectivity index (χ1) is 14.9. The topological polar surface area (TPSA) is 70.1 Å². The van der Waals surface area contributed by atoms with Crippen molar-refractivity contribution in [3.63, 3.8) is 0 Å². The maximum absolute atomic E-state index is 13.1. The number of nitrogens with zero attached hydrogens (tertiary/aromatic N) is 2. The minimum absolute atomic E-state index is 0.0800. The third-order valence-electron chi connectivity index (χ3n) is 5.64. The number of amides is 1. The van der Waals surface area contributed by atoms with E-state index in [1.165, 1.54) is 7.11 Å². The summed E-state index contributed by atoms with van der Waals surface area (Å²) in [5.41, 5.74) is 1.23. The smallest absolute Gasteiger partial charge is 0.295 e. The van der Waals surface area contributed by atoms with Crippen LogP contribution in [-0.4, -0.2) is 59.9 Å². The van der Waals surface area contributed by atoms with E-state index in [9.17, 15) is 14.7 Å². The first kappa shape index (κ1) is 23.0. The van der Waals surface area contributed by atoms with Crippen molar-refractivity contribution >= 4 is 33.4 Å². The summed E-state index contributed by atoms with van der Waals surface area (Å²) in [6, 6.07) is 13.7. The van der Waals surface area contributed by atoms with Gasteiger partial charge < -0.3 is 19.6 Å². The second-order valence-corrected chi connectivity index (χ2v) is 8.19. The molecule has 0 aromatic heterocycles. The van der Waals surface area contributed by atoms with E-state index in [0.29, 0.717) is 24.4 Å². The Morgan fingerprint density at radius 3 is 2.35 bits per heavy atom. The van der Waals surface area contributed by atoms with E-state index < -0.39 is 17.7 Å². The molecule has 1 atom stereocenters. The largest absolute Gasteiger partial charge is 0.507 e. The fourth-order valence-corrected chi connectivity index (χ4v) is 4.14. The van der Waals surface area contributed by atoms with Gasteiger partial charge in [-0.1, -0.05) is 54.0 Å². The first-order valence-electron chi connectivity index (χ1n) is 10.3. The Bertz CT molecular complexity index is 983. The number of likely N-dealkylation sites (tertiary alicyclic amines) is 1. The number of rotatable bonds is 8. The summed E-state index contributed by atoms with van der Waals surface area (Å²) in [5.74, 6) is -1.08. The van der Waals surface area contributed by atoms with Gasteiger partial charge in [-0.3, -0.25) is 9.59 Å². The molecule has 1 unspecified atom stereocenters. The summed E-state index contributed by atoms with van der Waals surface area (Å²) in [6.45, 7) is 6.85. The Hall–Kier alpha value is -2.64. The Kier molecular flexibility index (Phi) is 7.51. The molecular weight excluding hydrogens is 460 g/mol. The number of para-hydroxylation sites is 1.